The van der Waals surface area contributed by atoms with Gasteiger partial charge in [0.1, 0.15) is 0 Å². The van der Waals surface area contributed by atoms with E-state index in [4.69, 9.17) is 50.5 Å². The molecule has 4 aromatic carbocycles. The number of thiol groups is 4. The molecule has 0 aromatic heterocycles. The fourth-order valence-electron chi connectivity index (χ4n) is 8.99. The lowest BCUT2D eigenvalue weighted by Gasteiger charge is -2.24. The van der Waals surface area contributed by atoms with Crippen LogP contribution in [0.25, 0.3) is 0 Å². The number of benzene rings is 4. The van der Waals surface area contributed by atoms with Crippen LogP contribution in [0.1, 0.15) is 176 Å². The van der Waals surface area contributed by atoms with Crippen molar-refractivity contribution in [2.24, 2.45) is 0 Å². The molecule has 0 saturated heterocycles. The minimum absolute atomic E-state index is 0.0410. The van der Waals surface area contributed by atoms with E-state index in [0.717, 1.165) is 150 Å². The van der Waals surface area contributed by atoms with E-state index in [2.05, 4.69) is 174 Å². The van der Waals surface area contributed by atoms with E-state index in [-0.39, 0.29) is 21.7 Å². The Labute approximate surface area is 460 Å². The molecule has 0 aliphatic carbocycles. The molecular weight excluding hydrogens is 961 g/mol. The van der Waals surface area contributed by atoms with Crippen LogP contribution in [0.4, 0.5) is 0 Å². The topological polar surface area (TPSA) is 96.2 Å². The molecule has 0 saturated carbocycles. The first-order valence-electron chi connectivity index (χ1n) is 27.0. The molecule has 72 heavy (non-hydrogen) atoms. The summed E-state index contributed by atoms with van der Waals surface area (Å²) in [6, 6.07) is 18.8. The molecule has 12 heteroatoms. The Morgan fingerprint density at radius 1 is 0.250 bits per heavy atom. The maximum Gasteiger partial charge on any atom is 0.0216 e. The number of hydrogen-bond donors (Lipinski definition) is 12. The van der Waals surface area contributed by atoms with Crippen molar-refractivity contribution in [3.05, 3.63) is 115 Å². The van der Waals surface area contributed by atoms with E-state index < -0.39 is 0 Å². The van der Waals surface area contributed by atoms with E-state index in [1.54, 1.807) is 0 Å². The summed E-state index contributed by atoms with van der Waals surface area (Å²) < 4.78 is 0. The predicted molar refractivity (Wildman–Crippen MR) is 322 cm³/mol. The first-order valence-corrected chi connectivity index (χ1v) is 28.8. The van der Waals surface area contributed by atoms with E-state index in [0.29, 0.717) is 0 Å². The van der Waals surface area contributed by atoms with Crippen LogP contribution in [0.3, 0.4) is 0 Å². The van der Waals surface area contributed by atoms with Gasteiger partial charge in [0.25, 0.3) is 0 Å². The zero-order valence-corrected chi connectivity index (χ0v) is 50.1. The van der Waals surface area contributed by atoms with Gasteiger partial charge in [-0.2, -0.15) is 0 Å². The molecule has 1 heterocycles. The van der Waals surface area contributed by atoms with Crippen LogP contribution < -0.4 is 42.5 Å². The molecule has 1 aliphatic heterocycles. The molecule has 8 nitrogen and oxygen atoms in total. The van der Waals surface area contributed by atoms with Gasteiger partial charge in [0.15, 0.2) is 0 Å². The van der Waals surface area contributed by atoms with Gasteiger partial charge in [0.05, 0.1) is 0 Å². The van der Waals surface area contributed by atoms with Crippen molar-refractivity contribution in [3.8, 4) is 0 Å². The first-order chi connectivity index (χ1) is 33.9. The average Bonchev–Trinajstić information content (AvgIpc) is 3.29. The van der Waals surface area contributed by atoms with Gasteiger partial charge < -0.3 is 42.5 Å². The van der Waals surface area contributed by atoms with Gasteiger partial charge in [-0.25, -0.2) is 0 Å². The van der Waals surface area contributed by atoms with Crippen molar-refractivity contribution in [2.75, 3.05) is 52.4 Å². The summed E-state index contributed by atoms with van der Waals surface area (Å²) in [5, 5.41) is 29.9. The monoisotopic (exact) mass is 1060 g/mol. The summed E-state index contributed by atoms with van der Waals surface area (Å²) in [4.78, 5) is 4.34. The molecule has 0 amide bonds. The van der Waals surface area contributed by atoms with Crippen molar-refractivity contribution >= 4 is 50.5 Å². The van der Waals surface area contributed by atoms with E-state index in [1.807, 2.05) is 0 Å². The molecule has 0 atom stereocenters. The van der Waals surface area contributed by atoms with Crippen LogP contribution in [0.5, 0.6) is 0 Å². The molecular formula is C60H96N8S4. The van der Waals surface area contributed by atoms with Crippen molar-refractivity contribution < 1.29 is 0 Å². The predicted octanol–water partition coefficient (Wildman–Crippen LogP) is 11.4. The zero-order valence-electron chi connectivity index (χ0n) is 46.5. The van der Waals surface area contributed by atoms with Crippen LogP contribution in [0, 0.1) is 0 Å². The summed E-state index contributed by atoms with van der Waals surface area (Å²) in [5.41, 5.74) is 15.6. The zero-order chi connectivity index (χ0) is 52.7. The number of rotatable bonds is 0. The lowest BCUT2D eigenvalue weighted by molar-refractivity contribution is 0.563. The minimum Gasteiger partial charge on any atom is -0.313 e. The van der Waals surface area contributed by atoms with Crippen molar-refractivity contribution in [1.82, 2.24) is 42.5 Å². The largest absolute Gasteiger partial charge is 0.313 e. The molecule has 0 spiro atoms. The molecule has 5 rings (SSSR count). The number of hydrogen-bond acceptors (Lipinski definition) is 12. The third-order valence-corrected chi connectivity index (χ3v) is 16.2. The highest BCUT2D eigenvalue weighted by atomic mass is 32.1. The van der Waals surface area contributed by atoms with Crippen LogP contribution in [-0.4, -0.2) is 52.4 Å². The Hall–Kier alpha value is -2.04. The third-order valence-electron chi connectivity index (χ3n) is 13.9. The summed E-state index contributed by atoms with van der Waals surface area (Å²) in [5.74, 6) is 0. The normalized spacial score (nSPS) is 17.6. The second kappa shape index (κ2) is 28.4. The molecule has 400 valence electrons. The Kier molecular flexibility index (Phi) is 24.0. The van der Waals surface area contributed by atoms with Crippen LogP contribution in [0.2, 0.25) is 0 Å². The Morgan fingerprint density at radius 2 is 0.375 bits per heavy atom. The minimum atomic E-state index is 0.0410. The second-order valence-corrected chi connectivity index (χ2v) is 26.2. The van der Waals surface area contributed by atoms with E-state index in [9.17, 15) is 0 Å². The standard InChI is InChI=1S/C60H96N8S4/c1-57(2,3)49-25-41-33-61-17-13-19-63-35-43-27-50(58(4,5)6)29-45(54(43)70)37-65-21-15-23-67-39-47-31-52(60(10,11)12)32-48(56(47)72)40-68-24-16-22-66-38-46-30-51(59(7,8)9)28-44(55(46)71)36-64-20-14-18-62-34-42(26-49)53(41)69/h25-32,61-72H,13-24,33-40H2,1-12H3. The van der Waals surface area contributed by atoms with E-state index in [1.165, 1.54) is 66.8 Å². The SMILES string of the molecule is CC(C)(C)c1cc2c(S)c(c1)CNCCCNCc1cc(C(C)(C)C)cc(c1S)CNCCCNCc1cc(C(C)(C)C)cc(c1S)CNCCCNCc1cc(C(C)(C)C)cc(c1S)CNCCCNC2. The molecule has 8 bridgehead atoms. The van der Waals surface area contributed by atoms with Gasteiger partial charge in [-0.1, -0.05) is 132 Å². The maximum absolute atomic E-state index is 5.11. The Bertz CT molecular complexity index is 1890. The molecule has 1 aliphatic rings. The quantitative estimate of drug-likeness (QED) is 0.0793. The summed E-state index contributed by atoms with van der Waals surface area (Å²) >= 11 is 20.5. The smallest absolute Gasteiger partial charge is 0.0216 e. The van der Waals surface area contributed by atoms with E-state index >= 15 is 0 Å². The lowest BCUT2D eigenvalue weighted by atomic mass is 9.85. The fourth-order valence-corrected chi connectivity index (χ4v) is 10.1. The van der Waals surface area contributed by atoms with Crippen LogP contribution >= 0.6 is 50.5 Å². The molecule has 4 aromatic rings. The van der Waals surface area contributed by atoms with Crippen molar-refractivity contribution in [3.63, 3.8) is 0 Å². The maximum atomic E-state index is 5.11. The lowest BCUT2D eigenvalue weighted by Crippen LogP contribution is -2.25. The summed E-state index contributed by atoms with van der Waals surface area (Å²) in [7, 11) is 0. The third kappa shape index (κ3) is 19.2. The summed E-state index contributed by atoms with van der Waals surface area (Å²) in [6.07, 6.45) is 4.10. The van der Waals surface area contributed by atoms with Gasteiger partial charge >= 0.3 is 0 Å². The van der Waals surface area contributed by atoms with Gasteiger partial charge in [-0.3, -0.25) is 0 Å². The Balaban J connectivity index is 1.28. The first kappa shape index (κ1) is 60.8. The summed E-state index contributed by atoms with van der Waals surface area (Å²) in [6.45, 7) is 41.3. The van der Waals surface area contributed by atoms with Crippen LogP contribution in [0.15, 0.2) is 68.1 Å². The van der Waals surface area contributed by atoms with Crippen molar-refractivity contribution in [1.29, 1.82) is 0 Å². The number of nitrogens with one attached hydrogen (secondary N) is 8. The Morgan fingerprint density at radius 3 is 0.486 bits per heavy atom. The van der Waals surface area contributed by atoms with Gasteiger partial charge in [-0.05, 0) is 166 Å². The highest BCUT2D eigenvalue weighted by Crippen LogP contribution is 2.33. The fraction of sp³-hybridized carbons (Fsp3) is 0.600. The number of fused-ring (bicyclic) bond motifs is 8. The molecule has 0 unspecified atom stereocenters. The van der Waals surface area contributed by atoms with Gasteiger partial charge in [0, 0.05) is 71.9 Å². The average molecular weight is 1060 g/mol. The molecule has 0 fully saturated rings. The van der Waals surface area contributed by atoms with Crippen LogP contribution in [-0.2, 0) is 74.0 Å². The highest BCUT2D eigenvalue weighted by Gasteiger charge is 2.22. The van der Waals surface area contributed by atoms with Gasteiger partial charge in [-0.15, -0.1) is 50.5 Å². The molecule has 0 radical (unpaired) electrons. The van der Waals surface area contributed by atoms with Crippen molar-refractivity contribution in [2.45, 2.75) is 202 Å². The molecule has 8 N–H and O–H groups in total. The highest BCUT2D eigenvalue weighted by molar-refractivity contribution is 7.81. The second-order valence-electron chi connectivity index (χ2n) is 24.4. The van der Waals surface area contributed by atoms with Gasteiger partial charge in [0.2, 0.25) is 0 Å².